The van der Waals surface area contributed by atoms with Gasteiger partial charge in [-0.05, 0) is 76.3 Å². The van der Waals surface area contributed by atoms with E-state index in [0.717, 1.165) is 17.4 Å². The number of nitrogens with zero attached hydrogens (tertiary/aromatic N) is 2. The van der Waals surface area contributed by atoms with Crippen LogP contribution in [0.3, 0.4) is 0 Å². The van der Waals surface area contributed by atoms with E-state index in [1.165, 1.54) is 36.9 Å². The summed E-state index contributed by atoms with van der Waals surface area (Å²) in [6.07, 6.45) is 2.43. The second kappa shape index (κ2) is 10.0. The van der Waals surface area contributed by atoms with Crippen molar-refractivity contribution >= 4 is 31.3 Å². The standard InChI is InChI=1S/C24H34N2O6S2/c1-14(2)13-26-24(32-34(30,31)16(5)6)20(12-25-26)23(27)19-10-11-21(33(9,28)29)22(18(19)8)17(7)15(3)4/h10-12,14,16H,13H2,1-9H3. The van der Waals surface area contributed by atoms with Crippen molar-refractivity contribution in [1.29, 1.82) is 0 Å². The first kappa shape index (κ1) is 27.8. The first-order valence-corrected chi connectivity index (χ1v) is 14.4. The molecule has 10 heteroatoms. The predicted molar refractivity (Wildman–Crippen MR) is 133 cm³/mol. The summed E-state index contributed by atoms with van der Waals surface area (Å²) in [7, 11) is -7.55. The zero-order chi connectivity index (χ0) is 26.2. The van der Waals surface area contributed by atoms with E-state index < -0.39 is 31.0 Å². The van der Waals surface area contributed by atoms with Crippen molar-refractivity contribution in [2.24, 2.45) is 5.92 Å². The van der Waals surface area contributed by atoms with Crippen molar-refractivity contribution in [3.63, 3.8) is 0 Å². The van der Waals surface area contributed by atoms with Crippen molar-refractivity contribution < 1.29 is 25.8 Å². The van der Waals surface area contributed by atoms with Gasteiger partial charge in [-0.1, -0.05) is 19.4 Å². The van der Waals surface area contributed by atoms with Gasteiger partial charge in [-0.3, -0.25) is 4.79 Å². The molecular weight excluding hydrogens is 476 g/mol. The highest BCUT2D eigenvalue weighted by molar-refractivity contribution is 7.90. The van der Waals surface area contributed by atoms with Gasteiger partial charge >= 0.3 is 10.1 Å². The Labute approximate surface area is 203 Å². The van der Waals surface area contributed by atoms with Crippen LogP contribution in [0.4, 0.5) is 0 Å². The number of rotatable bonds is 9. The van der Waals surface area contributed by atoms with Gasteiger partial charge in [-0.2, -0.15) is 13.5 Å². The molecule has 0 bridgehead atoms. The molecular formula is C24H34N2O6S2. The Hall–Kier alpha value is -2.46. The summed E-state index contributed by atoms with van der Waals surface area (Å²) >= 11 is 0. The van der Waals surface area contributed by atoms with E-state index in [4.69, 9.17) is 4.18 Å². The third-order valence-corrected chi connectivity index (χ3v) is 8.23. The molecule has 1 heterocycles. The third kappa shape index (κ3) is 5.78. The van der Waals surface area contributed by atoms with Gasteiger partial charge < -0.3 is 4.18 Å². The summed E-state index contributed by atoms with van der Waals surface area (Å²) in [4.78, 5) is 13.8. The van der Waals surface area contributed by atoms with Gasteiger partial charge in [0.15, 0.2) is 15.6 Å². The number of ketones is 1. The monoisotopic (exact) mass is 510 g/mol. The summed E-state index contributed by atoms with van der Waals surface area (Å²) in [6.45, 7) is 14.4. The molecule has 0 saturated carbocycles. The summed E-state index contributed by atoms with van der Waals surface area (Å²) in [5, 5.41) is 3.40. The van der Waals surface area contributed by atoms with Crippen molar-refractivity contribution in [2.75, 3.05) is 6.26 Å². The van der Waals surface area contributed by atoms with Crippen molar-refractivity contribution in [1.82, 2.24) is 9.78 Å². The molecule has 2 rings (SSSR count). The number of hydrogen-bond donors (Lipinski definition) is 0. The van der Waals surface area contributed by atoms with E-state index in [-0.39, 0.29) is 27.8 Å². The van der Waals surface area contributed by atoms with Crippen LogP contribution in [-0.2, 0) is 26.5 Å². The first-order valence-electron chi connectivity index (χ1n) is 11.0. The summed E-state index contributed by atoms with van der Waals surface area (Å²) < 4.78 is 56.8. The van der Waals surface area contributed by atoms with Gasteiger partial charge in [0.25, 0.3) is 0 Å². The topological polar surface area (TPSA) is 112 Å². The molecule has 0 fully saturated rings. The van der Waals surface area contributed by atoms with Crippen LogP contribution in [0.25, 0.3) is 5.57 Å². The van der Waals surface area contributed by atoms with Gasteiger partial charge in [-0.25, -0.2) is 13.1 Å². The van der Waals surface area contributed by atoms with Crippen LogP contribution < -0.4 is 4.18 Å². The SMILES string of the molecule is CC(C)=C(C)c1c(S(C)(=O)=O)ccc(C(=O)c2cnn(CC(C)C)c2OS(=O)(=O)C(C)C)c1C. The summed E-state index contributed by atoms with van der Waals surface area (Å²) in [5.74, 6) is -0.515. The Kier molecular flexibility index (Phi) is 8.20. The first-order chi connectivity index (χ1) is 15.5. The van der Waals surface area contributed by atoms with Gasteiger partial charge in [0, 0.05) is 18.4 Å². The molecule has 34 heavy (non-hydrogen) atoms. The molecule has 0 amide bonds. The Balaban J connectivity index is 2.79. The van der Waals surface area contributed by atoms with Crippen LogP contribution in [0, 0.1) is 12.8 Å². The van der Waals surface area contributed by atoms with E-state index in [0.29, 0.717) is 17.7 Å². The smallest absolute Gasteiger partial charge is 0.313 e. The van der Waals surface area contributed by atoms with Crippen LogP contribution in [0.5, 0.6) is 5.88 Å². The fourth-order valence-corrected chi connectivity index (χ4v) is 4.98. The van der Waals surface area contributed by atoms with E-state index in [1.54, 1.807) is 6.92 Å². The lowest BCUT2D eigenvalue weighted by Gasteiger charge is -2.17. The maximum atomic E-state index is 13.7. The molecule has 0 saturated heterocycles. The molecule has 0 N–H and O–H groups in total. The van der Waals surface area contributed by atoms with Crippen molar-refractivity contribution in [3.05, 3.63) is 46.2 Å². The lowest BCUT2D eigenvalue weighted by Crippen LogP contribution is -2.23. The predicted octanol–water partition coefficient (Wildman–Crippen LogP) is 4.41. The van der Waals surface area contributed by atoms with Gasteiger partial charge in [0.05, 0.1) is 16.3 Å². The lowest BCUT2D eigenvalue weighted by molar-refractivity contribution is 0.103. The second-order valence-electron chi connectivity index (χ2n) is 9.40. The molecule has 0 aliphatic rings. The molecule has 0 aliphatic heterocycles. The molecule has 2 aromatic rings. The van der Waals surface area contributed by atoms with Crippen LogP contribution in [0.1, 0.15) is 75.5 Å². The highest BCUT2D eigenvalue weighted by Gasteiger charge is 2.29. The van der Waals surface area contributed by atoms with Gasteiger partial charge in [0.1, 0.15) is 5.56 Å². The maximum absolute atomic E-state index is 13.7. The number of benzene rings is 1. The molecule has 0 radical (unpaired) electrons. The second-order valence-corrected chi connectivity index (χ2v) is 13.5. The van der Waals surface area contributed by atoms with Gasteiger partial charge in [0.2, 0.25) is 5.88 Å². The molecule has 0 spiro atoms. The molecule has 0 atom stereocenters. The molecule has 8 nitrogen and oxygen atoms in total. The maximum Gasteiger partial charge on any atom is 0.313 e. The molecule has 1 aromatic heterocycles. The zero-order valence-corrected chi connectivity index (χ0v) is 22.9. The van der Waals surface area contributed by atoms with Gasteiger partial charge in [-0.15, -0.1) is 0 Å². The Bertz CT molecular complexity index is 1340. The number of carbonyl (C=O) groups excluding carboxylic acids is 1. The number of aromatic nitrogens is 2. The van der Waals surface area contributed by atoms with E-state index in [1.807, 2.05) is 34.6 Å². The van der Waals surface area contributed by atoms with Crippen LogP contribution >= 0.6 is 0 Å². The number of carbonyl (C=O) groups is 1. The lowest BCUT2D eigenvalue weighted by atomic mass is 9.91. The Morgan fingerprint density at radius 3 is 2.09 bits per heavy atom. The fourth-order valence-electron chi connectivity index (χ4n) is 3.40. The average molecular weight is 511 g/mol. The highest BCUT2D eigenvalue weighted by Crippen LogP contribution is 2.33. The molecule has 1 aromatic carbocycles. The number of hydrogen-bond acceptors (Lipinski definition) is 7. The zero-order valence-electron chi connectivity index (χ0n) is 21.3. The van der Waals surface area contributed by atoms with E-state index in [2.05, 4.69) is 5.10 Å². The van der Waals surface area contributed by atoms with E-state index >= 15 is 0 Å². The number of allylic oxidation sites excluding steroid dienone is 2. The summed E-state index contributed by atoms with van der Waals surface area (Å²) in [6, 6.07) is 2.87. The molecule has 0 unspecified atom stereocenters. The van der Waals surface area contributed by atoms with E-state index in [9.17, 15) is 21.6 Å². The Morgan fingerprint density at radius 1 is 1.03 bits per heavy atom. The molecule has 188 valence electrons. The molecule has 0 aliphatic carbocycles. The Morgan fingerprint density at radius 2 is 1.62 bits per heavy atom. The minimum absolute atomic E-state index is 0.000818. The van der Waals surface area contributed by atoms with Crippen LogP contribution in [0.15, 0.2) is 28.8 Å². The average Bonchev–Trinajstić information content (AvgIpc) is 3.06. The van der Waals surface area contributed by atoms with Crippen molar-refractivity contribution in [2.45, 2.75) is 72.1 Å². The van der Waals surface area contributed by atoms with Crippen LogP contribution in [-0.4, -0.2) is 43.9 Å². The largest absolute Gasteiger partial charge is 0.361 e. The number of sulfone groups is 1. The normalized spacial score (nSPS) is 12.3. The minimum atomic E-state index is -3.99. The van der Waals surface area contributed by atoms with Crippen molar-refractivity contribution in [3.8, 4) is 5.88 Å². The fraction of sp³-hybridized carbons (Fsp3) is 0.500. The highest BCUT2D eigenvalue weighted by atomic mass is 32.2. The third-order valence-electron chi connectivity index (χ3n) is 5.54. The quantitative estimate of drug-likeness (QED) is 0.363. The van der Waals surface area contributed by atoms with Crippen LogP contribution in [0.2, 0.25) is 0 Å². The summed E-state index contributed by atoms with van der Waals surface area (Å²) in [5.41, 5.74) is 2.87. The minimum Gasteiger partial charge on any atom is -0.361 e.